The van der Waals surface area contributed by atoms with Gasteiger partial charge in [0.05, 0.1) is 6.42 Å². The molecular formula is C12H13N3O2S. The van der Waals surface area contributed by atoms with Crippen molar-refractivity contribution in [2.24, 2.45) is 0 Å². The van der Waals surface area contributed by atoms with Gasteiger partial charge in [-0.05, 0) is 12.1 Å². The number of hydrogen-bond acceptors (Lipinski definition) is 5. The van der Waals surface area contributed by atoms with Crippen molar-refractivity contribution in [1.29, 1.82) is 0 Å². The van der Waals surface area contributed by atoms with Gasteiger partial charge in [0.25, 0.3) is 0 Å². The van der Waals surface area contributed by atoms with Crippen molar-refractivity contribution in [1.82, 2.24) is 10.2 Å². The van der Waals surface area contributed by atoms with E-state index >= 15 is 0 Å². The number of aromatic nitrogens is 2. The van der Waals surface area contributed by atoms with Crippen LogP contribution < -0.4 is 4.90 Å². The smallest absolute Gasteiger partial charge is 0.305 e. The number of anilines is 1. The number of hydrogen-bond donors (Lipinski definition) is 1. The van der Waals surface area contributed by atoms with Crippen molar-refractivity contribution >= 4 is 23.0 Å². The van der Waals surface area contributed by atoms with Crippen LogP contribution in [0.15, 0.2) is 29.8 Å². The number of nitrogens with zero attached hydrogens (tertiary/aromatic N) is 3. The molecule has 0 radical (unpaired) electrons. The van der Waals surface area contributed by atoms with Crippen LogP contribution in [0.4, 0.5) is 5.69 Å². The Hall–Kier alpha value is -1.95. The van der Waals surface area contributed by atoms with Gasteiger partial charge >= 0.3 is 5.97 Å². The molecule has 94 valence electrons. The summed E-state index contributed by atoms with van der Waals surface area (Å²) >= 11 is 1.48. The van der Waals surface area contributed by atoms with Crippen molar-refractivity contribution in [3.05, 3.63) is 29.8 Å². The quantitative estimate of drug-likeness (QED) is 0.895. The van der Waals surface area contributed by atoms with Crippen LogP contribution >= 0.6 is 11.3 Å². The Balaban J connectivity index is 2.14. The Kier molecular flexibility index (Phi) is 3.88. The largest absolute Gasteiger partial charge is 0.481 e. The summed E-state index contributed by atoms with van der Waals surface area (Å²) < 4.78 is 0. The molecule has 0 spiro atoms. The van der Waals surface area contributed by atoms with E-state index in [4.69, 9.17) is 5.11 Å². The minimum atomic E-state index is -0.790. The zero-order chi connectivity index (χ0) is 13.0. The van der Waals surface area contributed by atoms with Gasteiger partial charge in [0.2, 0.25) is 0 Å². The first-order valence-electron chi connectivity index (χ1n) is 5.46. The van der Waals surface area contributed by atoms with Crippen LogP contribution in [0.3, 0.4) is 0 Å². The van der Waals surface area contributed by atoms with Crippen molar-refractivity contribution in [2.45, 2.75) is 6.42 Å². The second-order valence-corrected chi connectivity index (χ2v) is 4.69. The second kappa shape index (κ2) is 5.59. The molecule has 0 aliphatic carbocycles. The molecule has 5 nitrogen and oxygen atoms in total. The summed E-state index contributed by atoms with van der Waals surface area (Å²) in [4.78, 5) is 12.5. The van der Waals surface area contributed by atoms with Gasteiger partial charge in [-0.25, -0.2) is 0 Å². The second-order valence-electron chi connectivity index (χ2n) is 3.86. The van der Waals surface area contributed by atoms with Gasteiger partial charge in [-0.2, -0.15) is 0 Å². The molecule has 18 heavy (non-hydrogen) atoms. The Labute approximate surface area is 109 Å². The fourth-order valence-corrected chi connectivity index (χ4v) is 2.12. The first-order valence-corrected chi connectivity index (χ1v) is 6.34. The topological polar surface area (TPSA) is 66.3 Å². The van der Waals surface area contributed by atoms with Gasteiger partial charge in [0.15, 0.2) is 0 Å². The van der Waals surface area contributed by atoms with Crippen LogP contribution in [-0.2, 0) is 4.79 Å². The molecule has 0 saturated heterocycles. The van der Waals surface area contributed by atoms with Crippen LogP contribution in [0.5, 0.6) is 0 Å². The highest BCUT2D eigenvalue weighted by Gasteiger charge is 2.07. The maximum atomic E-state index is 10.5. The van der Waals surface area contributed by atoms with Crippen molar-refractivity contribution < 1.29 is 9.90 Å². The summed E-state index contributed by atoms with van der Waals surface area (Å²) in [7, 11) is 1.88. The molecule has 0 aliphatic heterocycles. The Bertz CT molecular complexity index is 528. The van der Waals surface area contributed by atoms with E-state index in [0.29, 0.717) is 6.54 Å². The Morgan fingerprint density at radius 1 is 1.50 bits per heavy atom. The summed E-state index contributed by atoms with van der Waals surface area (Å²) in [6.07, 6.45) is 0.125. The third kappa shape index (κ3) is 3.04. The molecule has 0 fully saturated rings. The monoisotopic (exact) mass is 263 g/mol. The third-order valence-corrected chi connectivity index (χ3v) is 3.30. The summed E-state index contributed by atoms with van der Waals surface area (Å²) in [6.45, 7) is 0.481. The van der Waals surface area contributed by atoms with E-state index in [9.17, 15) is 4.79 Å². The molecule has 0 aliphatic rings. The van der Waals surface area contributed by atoms with E-state index < -0.39 is 5.97 Å². The number of benzene rings is 1. The molecule has 1 aromatic carbocycles. The number of carbonyl (C=O) groups is 1. The third-order valence-electron chi connectivity index (χ3n) is 2.55. The van der Waals surface area contributed by atoms with Gasteiger partial charge in [0.1, 0.15) is 10.5 Å². The molecule has 0 unspecified atom stereocenters. The lowest BCUT2D eigenvalue weighted by Gasteiger charge is -2.18. The van der Waals surface area contributed by atoms with Crippen molar-refractivity contribution in [3.8, 4) is 10.6 Å². The molecule has 0 atom stereocenters. The minimum absolute atomic E-state index is 0.125. The average molecular weight is 263 g/mol. The van der Waals surface area contributed by atoms with E-state index in [0.717, 1.165) is 16.3 Å². The van der Waals surface area contributed by atoms with E-state index in [2.05, 4.69) is 10.2 Å². The highest BCUT2D eigenvalue weighted by atomic mass is 32.1. The summed E-state index contributed by atoms with van der Waals surface area (Å²) in [5.41, 5.74) is 3.66. The van der Waals surface area contributed by atoms with Crippen LogP contribution in [0.25, 0.3) is 10.6 Å². The van der Waals surface area contributed by atoms with Gasteiger partial charge in [0, 0.05) is 24.8 Å². The number of carboxylic acids is 1. The molecule has 0 amide bonds. The van der Waals surface area contributed by atoms with Crippen LogP contribution in [0, 0.1) is 0 Å². The molecule has 6 heteroatoms. The summed E-state index contributed by atoms with van der Waals surface area (Å²) in [5, 5.41) is 17.4. The fourth-order valence-electron chi connectivity index (χ4n) is 1.57. The molecule has 0 bridgehead atoms. The minimum Gasteiger partial charge on any atom is -0.481 e. The highest BCUT2D eigenvalue weighted by Crippen LogP contribution is 2.25. The lowest BCUT2D eigenvalue weighted by atomic mass is 10.2. The molecule has 0 saturated carbocycles. The molecule has 1 heterocycles. The predicted octanol–water partition coefficient (Wildman–Crippen LogP) is 2.12. The summed E-state index contributed by atoms with van der Waals surface area (Å²) in [5.74, 6) is -0.790. The molecule has 1 aromatic heterocycles. The van der Waals surface area contributed by atoms with E-state index in [1.165, 1.54) is 11.3 Å². The lowest BCUT2D eigenvalue weighted by Crippen LogP contribution is -2.20. The van der Waals surface area contributed by atoms with Gasteiger partial charge < -0.3 is 10.0 Å². The molecular weight excluding hydrogens is 250 g/mol. The standard InChI is InChI=1S/C12H13N3O2S/c1-15(6-5-11(16)17)10-4-2-3-9(7-10)12-14-13-8-18-12/h2-4,7-8H,5-6H2,1H3,(H,16,17). The number of carboxylic acid groups (broad SMARTS) is 1. The van der Waals surface area contributed by atoms with Gasteiger partial charge in [-0.1, -0.05) is 23.5 Å². The average Bonchev–Trinajstić information content (AvgIpc) is 2.90. The first kappa shape index (κ1) is 12.5. The zero-order valence-corrected chi connectivity index (χ0v) is 10.7. The predicted molar refractivity (Wildman–Crippen MR) is 70.9 cm³/mol. The maximum absolute atomic E-state index is 10.5. The van der Waals surface area contributed by atoms with E-state index in [1.54, 1.807) is 5.51 Å². The Morgan fingerprint density at radius 3 is 3.00 bits per heavy atom. The zero-order valence-electron chi connectivity index (χ0n) is 9.91. The van der Waals surface area contributed by atoms with Crippen molar-refractivity contribution in [2.75, 3.05) is 18.5 Å². The molecule has 2 rings (SSSR count). The number of rotatable bonds is 5. The Morgan fingerprint density at radius 2 is 2.33 bits per heavy atom. The molecule has 1 N–H and O–H groups in total. The van der Waals surface area contributed by atoms with Crippen LogP contribution in [0.2, 0.25) is 0 Å². The van der Waals surface area contributed by atoms with E-state index in [1.807, 2.05) is 36.2 Å². The normalized spacial score (nSPS) is 10.3. The fraction of sp³-hybridized carbons (Fsp3) is 0.250. The maximum Gasteiger partial charge on any atom is 0.305 e. The van der Waals surface area contributed by atoms with Crippen molar-refractivity contribution in [3.63, 3.8) is 0 Å². The highest BCUT2D eigenvalue weighted by molar-refractivity contribution is 7.12. The lowest BCUT2D eigenvalue weighted by molar-refractivity contribution is -0.136. The summed E-state index contributed by atoms with van der Waals surface area (Å²) in [6, 6.07) is 7.84. The SMILES string of the molecule is CN(CCC(=O)O)c1cccc(-c2nncs2)c1. The molecule has 2 aromatic rings. The first-order chi connectivity index (χ1) is 8.66. The van der Waals surface area contributed by atoms with Crippen LogP contribution in [-0.4, -0.2) is 34.9 Å². The van der Waals surface area contributed by atoms with E-state index in [-0.39, 0.29) is 6.42 Å². The van der Waals surface area contributed by atoms with Gasteiger partial charge in [-0.15, -0.1) is 10.2 Å². The van der Waals surface area contributed by atoms with Gasteiger partial charge in [-0.3, -0.25) is 4.79 Å². The van der Waals surface area contributed by atoms with Crippen LogP contribution in [0.1, 0.15) is 6.42 Å². The number of aliphatic carboxylic acids is 1.